The number of nitrogens with zero attached hydrogens (tertiary/aromatic N) is 1. The second-order valence-corrected chi connectivity index (χ2v) is 6.73. The molecule has 0 saturated carbocycles. The maximum atomic E-state index is 13.6. The zero-order valence-corrected chi connectivity index (χ0v) is 15.6. The highest BCUT2D eigenvalue weighted by molar-refractivity contribution is 6.11. The molecule has 4 amide bonds. The third-order valence-electron chi connectivity index (χ3n) is 4.65. The summed E-state index contributed by atoms with van der Waals surface area (Å²) in [5.74, 6) is -4.00. The Kier molecular flexibility index (Phi) is 5.15. The molecule has 3 rings (SSSR count). The van der Waals surface area contributed by atoms with Crippen LogP contribution in [0.2, 0.25) is 0 Å². The first kappa shape index (κ1) is 20.1. The number of amides is 4. The van der Waals surface area contributed by atoms with Crippen molar-refractivity contribution in [3.8, 4) is 0 Å². The molecule has 1 fully saturated rings. The van der Waals surface area contributed by atoms with E-state index in [0.717, 1.165) is 12.1 Å². The third kappa shape index (κ3) is 3.71. The minimum atomic E-state index is -1.65. The summed E-state index contributed by atoms with van der Waals surface area (Å²) in [4.78, 5) is 49.8. The summed E-state index contributed by atoms with van der Waals surface area (Å²) >= 11 is 0. The van der Waals surface area contributed by atoms with E-state index in [4.69, 9.17) is 0 Å². The summed E-state index contributed by atoms with van der Waals surface area (Å²) in [6, 6.07) is 8.31. The summed E-state index contributed by atoms with van der Waals surface area (Å²) in [5.41, 5.74) is -1.08. The van der Waals surface area contributed by atoms with Crippen molar-refractivity contribution in [1.82, 2.24) is 10.2 Å². The number of para-hydroxylation sites is 1. The molecule has 2 N–H and O–H groups in total. The monoisotopic (exact) mass is 401 g/mol. The molecule has 1 heterocycles. The van der Waals surface area contributed by atoms with Gasteiger partial charge < -0.3 is 10.6 Å². The van der Waals surface area contributed by atoms with Gasteiger partial charge in [0, 0.05) is 5.56 Å². The lowest BCUT2D eigenvalue weighted by atomic mass is 9.92. The molecule has 2 aromatic rings. The number of anilines is 1. The maximum absolute atomic E-state index is 13.6. The number of halogens is 2. The number of urea groups is 1. The van der Waals surface area contributed by atoms with Gasteiger partial charge in [-0.15, -0.1) is 0 Å². The normalized spacial score (nSPS) is 18.6. The van der Waals surface area contributed by atoms with E-state index >= 15 is 0 Å². The van der Waals surface area contributed by atoms with E-state index in [1.165, 1.54) is 32.0 Å². The number of ketones is 1. The van der Waals surface area contributed by atoms with Crippen LogP contribution < -0.4 is 10.6 Å². The summed E-state index contributed by atoms with van der Waals surface area (Å²) in [7, 11) is 0. The van der Waals surface area contributed by atoms with Crippen LogP contribution in [-0.2, 0) is 15.1 Å². The van der Waals surface area contributed by atoms with Crippen LogP contribution in [0.4, 0.5) is 19.3 Å². The lowest BCUT2D eigenvalue weighted by Crippen LogP contribution is -2.42. The number of Topliss-reactive ketones (excluding diaryl/α,β-unsaturated/α-hetero) is 1. The predicted octanol–water partition coefficient (Wildman–Crippen LogP) is 2.57. The smallest absolute Gasteiger partial charge is 0.324 e. The van der Waals surface area contributed by atoms with E-state index in [1.807, 2.05) is 0 Å². The van der Waals surface area contributed by atoms with Crippen molar-refractivity contribution in [3.05, 3.63) is 65.2 Å². The van der Waals surface area contributed by atoms with Gasteiger partial charge >= 0.3 is 6.03 Å². The molecule has 7 nitrogen and oxygen atoms in total. The number of hydrogen-bond acceptors (Lipinski definition) is 4. The Morgan fingerprint density at radius 3 is 2.45 bits per heavy atom. The Bertz CT molecular complexity index is 1040. The fraction of sp³-hybridized carbons (Fsp3) is 0.200. The van der Waals surface area contributed by atoms with E-state index in [2.05, 4.69) is 10.6 Å². The summed E-state index contributed by atoms with van der Waals surface area (Å²) in [5, 5.41) is 4.91. The highest BCUT2D eigenvalue weighted by atomic mass is 19.2. The standard InChI is InChI=1S/C20H17F2N3O4/c1-11(26)13-5-3-4-6-16(13)23-17(27)10-25-18(28)20(2,24-19(25)29)12-7-8-14(21)15(22)9-12/h3-9H,10H2,1-2H3,(H,23,27)(H,24,29). The van der Waals surface area contributed by atoms with Crippen molar-refractivity contribution in [3.63, 3.8) is 0 Å². The van der Waals surface area contributed by atoms with Crippen molar-refractivity contribution in [1.29, 1.82) is 0 Å². The van der Waals surface area contributed by atoms with Crippen molar-refractivity contribution < 1.29 is 28.0 Å². The van der Waals surface area contributed by atoms with Gasteiger partial charge in [-0.25, -0.2) is 13.6 Å². The van der Waals surface area contributed by atoms with Crippen LogP contribution in [0, 0.1) is 11.6 Å². The first-order valence-electron chi connectivity index (χ1n) is 8.63. The molecule has 1 aliphatic rings. The fourth-order valence-corrected chi connectivity index (χ4v) is 3.08. The zero-order valence-electron chi connectivity index (χ0n) is 15.6. The zero-order chi connectivity index (χ0) is 21.3. The van der Waals surface area contributed by atoms with Gasteiger partial charge in [0.05, 0.1) is 5.69 Å². The molecule has 1 saturated heterocycles. The van der Waals surface area contributed by atoms with Gasteiger partial charge in [-0.05, 0) is 43.7 Å². The minimum Gasteiger partial charge on any atom is -0.324 e. The number of hydrogen-bond donors (Lipinski definition) is 2. The molecule has 1 aliphatic heterocycles. The van der Waals surface area contributed by atoms with Gasteiger partial charge in [0.2, 0.25) is 5.91 Å². The average Bonchev–Trinajstić information content (AvgIpc) is 2.88. The van der Waals surface area contributed by atoms with E-state index in [0.29, 0.717) is 4.90 Å². The van der Waals surface area contributed by atoms with Crippen LogP contribution in [0.3, 0.4) is 0 Å². The molecule has 150 valence electrons. The molecule has 9 heteroatoms. The molecule has 29 heavy (non-hydrogen) atoms. The number of benzene rings is 2. The quantitative estimate of drug-likeness (QED) is 0.595. The molecule has 0 aliphatic carbocycles. The van der Waals surface area contributed by atoms with Gasteiger partial charge in [0.1, 0.15) is 12.1 Å². The Morgan fingerprint density at radius 2 is 1.79 bits per heavy atom. The van der Waals surface area contributed by atoms with Crippen LogP contribution >= 0.6 is 0 Å². The number of carbonyl (C=O) groups is 4. The molecule has 1 unspecified atom stereocenters. The molecule has 0 spiro atoms. The van der Waals surface area contributed by atoms with E-state index in [1.54, 1.807) is 12.1 Å². The Balaban J connectivity index is 1.79. The highest BCUT2D eigenvalue weighted by Gasteiger charge is 2.49. The van der Waals surface area contributed by atoms with Crippen LogP contribution in [-0.4, -0.2) is 35.1 Å². The number of rotatable bonds is 5. The lowest BCUT2D eigenvalue weighted by molar-refractivity contribution is -0.133. The number of imide groups is 1. The average molecular weight is 401 g/mol. The predicted molar refractivity (Wildman–Crippen MR) is 99.0 cm³/mol. The van der Waals surface area contributed by atoms with E-state index in [-0.39, 0.29) is 22.6 Å². The summed E-state index contributed by atoms with van der Waals surface area (Å²) < 4.78 is 26.8. The largest absolute Gasteiger partial charge is 0.325 e. The number of carbonyl (C=O) groups excluding carboxylic acids is 4. The van der Waals surface area contributed by atoms with E-state index < -0.39 is 41.6 Å². The van der Waals surface area contributed by atoms with Gasteiger partial charge in [0.25, 0.3) is 5.91 Å². The molecule has 2 aromatic carbocycles. The molecule has 0 radical (unpaired) electrons. The lowest BCUT2D eigenvalue weighted by Gasteiger charge is -2.22. The van der Waals surface area contributed by atoms with Gasteiger partial charge in [-0.2, -0.15) is 0 Å². The van der Waals surface area contributed by atoms with Gasteiger partial charge in [-0.1, -0.05) is 18.2 Å². The molecule has 0 aromatic heterocycles. The Hall–Kier alpha value is -3.62. The first-order chi connectivity index (χ1) is 13.6. The second kappa shape index (κ2) is 7.42. The molecule has 0 bridgehead atoms. The minimum absolute atomic E-state index is 0.0413. The third-order valence-corrected chi connectivity index (χ3v) is 4.65. The summed E-state index contributed by atoms with van der Waals surface area (Å²) in [6.07, 6.45) is 0. The van der Waals surface area contributed by atoms with Crippen LogP contribution in [0.15, 0.2) is 42.5 Å². The number of nitrogens with one attached hydrogen (secondary N) is 2. The van der Waals surface area contributed by atoms with Crippen LogP contribution in [0.25, 0.3) is 0 Å². The first-order valence-corrected chi connectivity index (χ1v) is 8.63. The van der Waals surface area contributed by atoms with Crippen molar-refractivity contribution >= 4 is 29.3 Å². The SMILES string of the molecule is CC(=O)c1ccccc1NC(=O)CN1C(=O)NC(C)(c2ccc(F)c(F)c2)C1=O. The second-order valence-electron chi connectivity index (χ2n) is 6.73. The van der Waals surface area contributed by atoms with Gasteiger partial charge in [-0.3, -0.25) is 19.3 Å². The molecule has 1 atom stereocenters. The van der Waals surface area contributed by atoms with Crippen molar-refractivity contribution in [2.75, 3.05) is 11.9 Å². The molecular weight excluding hydrogens is 384 g/mol. The van der Waals surface area contributed by atoms with Crippen molar-refractivity contribution in [2.45, 2.75) is 19.4 Å². The summed E-state index contributed by atoms with van der Waals surface area (Å²) in [6.45, 7) is 2.06. The van der Waals surface area contributed by atoms with Crippen LogP contribution in [0.1, 0.15) is 29.8 Å². The topological polar surface area (TPSA) is 95.6 Å². The van der Waals surface area contributed by atoms with Crippen molar-refractivity contribution in [2.24, 2.45) is 0 Å². The maximum Gasteiger partial charge on any atom is 0.325 e. The highest BCUT2D eigenvalue weighted by Crippen LogP contribution is 2.29. The van der Waals surface area contributed by atoms with E-state index in [9.17, 15) is 28.0 Å². The Labute approximate surface area is 164 Å². The molecular formula is C20H17F2N3O4. The van der Waals surface area contributed by atoms with Crippen LogP contribution in [0.5, 0.6) is 0 Å². The fourth-order valence-electron chi connectivity index (χ4n) is 3.08. The Morgan fingerprint density at radius 1 is 1.10 bits per heavy atom. The van der Waals surface area contributed by atoms with Gasteiger partial charge in [0.15, 0.2) is 17.4 Å².